The molecule has 0 bridgehead atoms. The van der Waals surface area contributed by atoms with Crippen LogP contribution in [0.1, 0.15) is 32.1 Å². The van der Waals surface area contributed by atoms with Gasteiger partial charge >= 0.3 is 12.0 Å². The summed E-state index contributed by atoms with van der Waals surface area (Å²) in [7, 11) is 1.60. The van der Waals surface area contributed by atoms with Gasteiger partial charge in [-0.2, -0.15) is 0 Å². The summed E-state index contributed by atoms with van der Waals surface area (Å²) < 4.78 is 0. The van der Waals surface area contributed by atoms with Gasteiger partial charge in [0.05, 0.1) is 6.42 Å². The number of urea groups is 1. The molecule has 5 nitrogen and oxygen atoms in total. The molecule has 0 heterocycles. The summed E-state index contributed by atoms with van der Waals surface area (Å²) in [5.41, 5.74) is 1.27. The fraction of sp³-hybridized carbons (Fsp3) is 0.667. The van der Waals surface area contributed by atoms with E-state index in [4.69, 9.17) is 5.11 Å². The fourth-order valence-electron chi connectivity index (χ4n) is 1.75. The van der Waals surface area contributed by atoms with Crippen molar-refractivity contribution in [3.63, 3.8) is 0 Å². The van der Waals surface area contributed by atoms with Crippen molar-refractivity contribution in [2.75, 3.05) is 20.1 Å². The Hall–Kier alpha value is -1.52. The topological polar surface area (TPSA) is 69.6 Å². The van der Waals surface area contributed by atoms with Gasteiger partial charge in [0.2, 0.25) is 0 Å². The van der Waals surface area contributed by atoms with E-state index in [0.717, 1.165) is 12.8 Å². The largest absolute Gasteiger partial charge is 0.481 e. The Balaban J connectivity index is 2.23. The van der Waals surface area contributed by atoms with Crippen molar-refractivity contribution in [2.24, 2.45) is 0 Å². The van der Waals surface area contributed by atoms with Crippen molar-refractivity contribution >= 4 is 12.0 Å². The van der Waals surface area contributed by atoms with E-state index in [9.17, 15) is 9.59 Å². The molecule has 96 valence electrons. The Morgan fingerprint density at radius 1 is 1.47 bits per heavy atom. The lowest BCUT2D eigenvalue weighted by molar-refractivity contribution is -0.137. The number of aliphatic carboxylic acids is 1. The molecule has 5 heteroatoms. The van der Waals surface area contributed by atoms with Crippen LogP contribution in [0, 0.1) is 0 Å². The number of carbonyl (C=O) groups is 2. The van der Waals surface area contributed by atoms with Gasteiger partial charge in [-0.3, -0.25) is 4.79 Å². The van der Waals surface area contributed by atoms with Gasteiger partial charge in [0, 0.05) is 20.1 Å². The van der Waals surface area contributed by atoms with Gasteiger partial charge < -0.3 is 15.3 Å². The van der Waals surface area contributed by atoms with Crippen molar-refractivity contribution < 1.29 is 14.7 Å². The third kappa shape index (κ3) is 5.38. The van der Waals surface area contributed by atoms with Crippen LogP contribution in [0.3, 0.4) is 0 Å². The second-order valence-electron chi connectivity index (χ2n) is 4.33. The van der Waals surface area contributed by atoms with Gasteiger partial charge in [0.25, 0.3) is 0 Å². The molecule has 1 aliphatic carbocycles. The van der Waals surface area contributed by atoms with E-state index >= 15 is 0 Å². The van der Waals surface area contributed by atoms with Crippen molar-refractivity contribution in [1.29, 1.82) is 0 Å². The Morgan fingerprint density at radius 2 is 2.24 bits per heavy atom. The second-order valence-corrected chi connectivity index (χ2v) is 4.33. The zero-order valence-electron chi connectivity index (χ0n) is 10.2. The molecule has 0 radical (unpaired) electrons. The summed E-state index contributed by atoms with van der Waals surface area (Å²) in [5, 5.41) is 11.3. The molecule has 2 N–H and O–H groups in total. The number of allylic oxidation sites excluding steroid dienone is 1. The lowest BCUT2D eigenvalue weighted by Crippen LogP contribution is -2.39. The van der Waals surface area contributed by atoms with Crippen LogP contribution in [-0.2, 0) is 4.79 Å². The first-order valence-corrected chi connectivity index (χ1v) is 5.98. The molecule has 0 aliphatic heterocycles. The number of nitrogens with one attached hydrogen (secondary N) is 1. The molecule has 0 aromatic carbocycles. The molecule has 2 amide bonds. The molecule has 0 saturated heterocycles. The van der Waals surface area contributed by atoms with Crippen LogP contribution in [0.4, 0.5) is 4.79 Å². The molecule has 0 saturated carbocycles. The molecule has 0 spiro atoms. The minimum Gasteiger partial charge on any atom is -0.481 e. The quantitative estimate of drug-likeness (QED) is 0.717. The van der Waals surface area contributed by atoms with E-state index in [1.165, 1.54) is 23.3 Å². The van der Waals surface area contributed by atoms with Crippen LogP contribution in [-0.4, -0.2) is 42.1 Å². The van der Waals surface area contributed by atoms with Crippen LogP contribution >= 0.6 is 0 Å². The van der Waals surface area contributed by atoms with Crippen molar-refractivity contribution in [3.05, 3.63) is 11.6 Å². The van der Waals surface area contributed by atoms with Gasteiger partial charge in [-0.05, 0) is 25.7 Å². The summed E-state index contributed by atoms with van der Waals surface area (Å²) in [4.78, 5) is 23.4. The molecule has 0 aromatic heterocycles. The molecule has 1 aliphatic rings. The van der Waals surface area contributed by atoms with Gasteiger partial charge in [-0.15, -0.1) is 0 Å². The summed E-state index contributed by atoms with van der Waals surface area (Å²) >= 11 is 0. The number of hydrogen-bond donors (Lipinski definition) is 2. The number of nitrogens with zero attached hydrogens (tertiary/aromatic N) is 1. The number of rotatable bonds is 5. The molecule has 0 aromatic rings. The van der Waals surface area contributed by atoms with Gasteiger partial charge in [0.15, 0.2) is 0 Å². The van der Waals surface area contributed by atoms with Crippen LogP contribution in [0.2, 0.25) is 0 Å². The van der Waals surface area contributed by atoms with E-state index < -0.39 is 5.97 Å². The highest BCUT2D eigenvalue weighted by molar-refractivity contribution is 5.75. The first kappa shape index (κ1) is 13.5. The highest BCUT2D eigenvalue weighted by atomic mass is 16.4. The van der Waals surface area contributed by atoms with Crippen LogP contribution in [0.5, 0.6) is 0 Å². The van der Waals surface area contributed by atoms with E-state index in [0.29, 0.717) is 6.54 Å². The van der Waals surface area contributed by atoms with Gasteiger partial charge in [-0.25, -0.2) is 4.79 Å². The SMILES string of the molecule is CN(CCC(=O)O)C(=O)NCC1=CCCCC1. The molecule has 0 atom stereocenters. The Morgan fingerprint density at radius 3 is 2.82 bits per heavy atom. The zero-order chi connectivity index (χ0) is 12.7. The third-order valence-corrected chi connectivity index (χ3v) is 2.86. The average Bonchev–Trinajstić information content (AvgIpc) is 2.34. The summed E-state index contributed by atoms with van der Waals surface area (Å²) in [6, 6.07) is -0.210. The number of hydrogen-bond acceptors (Lipinski definition) is 2. The van der Waals surface area contributed by atoms with Gasteiger partial charge in [0.1, 0.15) is 0 Å². The second kappa shape index (κ2) is 6.93. The van der Waals surface area contributed by atoms with Crippen LogP contribution in [0.25, 0.3) is 0 Å². The summed E-state index contributed by atoms with van der Waals surface area (Å²) in [6.45, 7) is 0.816. The summed E-state index contributed by atoms with van der Waals surface area (Å²) in [5.74, 6) is -0.889. The minimum absolute atomic E-state index is 0.0212. The highest BCUT2D eigenvalue weighted by Crippen LogP contribution is 2.16. The average molecular weight is 240 g/mol. The Bertz CT molecular complexity index is 313. The summed E-state index contributed by atoms with van der Waals surface area (Å²) in [6.07, 6.45) is 6.74. The molecular formula is C12H20N2O3. The van der Waals surface area contributed by atoms with E-state index in [-0.39, 0.29) is 19.0 Å². The Labute approximate surface area is 101 Å². The van der Waals surface area contributed by atoms with Crippen LogP contribution in [0.15, 0.2) is 11.6 Å². The molecule has 0 unspecified atom stereocenters. The number of carboxylic acid groups (broad SMARTS) is 1. The molecule has 17 heavy (non-hydrogen) atoms. The predicted octanol–water partition coefficient (Wildman–Crippen LogP) is 1.60. The molecule has 0 fully saturated rings. The normalized spacial score (nSPS) is 15.0. The van der Waals surface area contributed by atoms with Crippen LogP contribution < -0.4 is 5.32 Å². The zero-order valence-corrected chi connectivity index (χ0v) is 10.2. The lowest BCUT2D eigenvalue weighted by atomic mass is 10.00. The lowest BCUT2D eigenvalue weighted by Gasteiger charge is -2.19. The first-order valence-electron chi connectivity index (χ1n) is 5.98. The Kier molecular flexibility index (Phi) is 5.52. The van der Waals surface area contributed by atoms with Gasteiger partial charge in [-0.1, -0.05) is 11.6 Å². The first-order chi connectivity index (χ1) is 8.09. The van der Waals surface area contributed by atoms with E-state index in [1.54, 1.807) is 7.05 Å². The van der Waals surface area contributed by atoms with E-state index in [2.05, 4.69) is 11.4 Å². The highest BCUT2D eigenvalue weighted by Gasteiger charge is 2.10. The maximum absolute atomic E-state index is 11.6. The standard InChI is InChI=1S/C12H20N2O3/c1-14(8-7-11(15)16)12(17)13-9-10-5-3-2-4-6-10/h5H,2-4,6-9H2,1H3,(H,13,17)(H,15,16). The predicted molar refractivity (Wildman–Crippen MR) is 64.8 cm³/mol. The monoisotopic (exact) mass is 240 g/mol. The third-order valence-electron chi connectivity index (χ3n) is 2.86. The maximum atomic E-state index is 11.6. The van der Waals surface area contributed by atoms with Crippen molar-refractivity contribution in [1.82, 2.24) is 10.2 Å². The number of carboxylic acids is 1. The van der Waals surface area contributed by atoms with Crippen molar-refractivity contribution in [2.45, 2.75) is 32.1 Å². The minimum atomic E-state index is -0.889. The number of carbonyl (C=O) groups excluding carboxylic acids is 1. The molecule has 1 rings (SSSR count). The van der Waals surface area contributed by atoms with Crippen molar-refractivity contribution in [3.8, 4) is 0 Å². The fourth-order valence-corrected chi connectivity index (χ4v) is 1.75. The molecular weight excluding hydrogens is 220 g/mol. The number of amides is 2. The smallest absolute Gasteiger partial charge is 0.317 e. The maximum Gasteiger partial charge on any atom is 0.317 e. The van der Waals surface area contributed by atoms with E-state index in [1.807, 2.05) is 0 Å².